The summed E-state index contributed by atoms with van der Waals surface area (Å²) < 4.78 is 12.3. The number of likely N-dealkylation sites (tertiary alicyclic amines) is 1. The predicted molar refractivity (Wildman–Crippen MR) is 39.3 cm³/mol. The minimum Gasteiger partial charge on any atom is -0.311 e. The van der Waals surface area contributed by atoms with Crippen LogP contribution in [0.3, 0.4) is 0 Å². The molecule has 1 rings (SSSR count). The van der Waals surface area contributed by atoms with E-state index in [0.717, 1.165) is 0 Å². The van der Waals surface area contributed by atoms with Crippen LogP contribution in [-0.2, 0) is 0 Å². The van der Waals surface area contributed by atoms with Gasteiger partial charge in [-0.1, -0.05) is 0 Å². The fraction of sp³-hybridized carbons (Fsp3) is 0.857. The van der Waals surface area contributed by atoms with E-state index in [4.69, 9.17) is 5.41 Å². The molecular formula is C7H13FN2. The van der Waals surface area contributed by atoms with E-state index in [0.29, 0.717) is 13.1 Å². The molecule has 0 aliphatic carbocycles. The zero-order valence-electron chi connectivity index (χ0n) is 6.39. The first kappa shape index (κ1) is 7.66. The van der Waals surface area contributed by atoms with Crippen molar-refractivity contribution < 1.29 is 4.39 Å². The average molecular weight is 144 g/mol. The molecule has 1 N–H and O–H groups in total. The highest BCUT2D eigenvalue weighted by Crippen LogP contribution is 2.21. The fourth-order valence-electron chi connectivity index (χ4n) is 0.987. The molecule has 0 radical (unpaired) electrons. The monoisotopic (exact) mass is 144 g/mol. The van der Waals surface area contributed by atoms with Gasteiger partial charge in [-0.15, -0.1) is 0 Å². The standard InChI is InChI=1S/C7H13FN2/c1-7(2,5-9)10-3-6(8)4-10/h5-6,9H,3-4H2,1-2H3. The third kappa shape index (κ3) is 1.19. The molecule has 0 atom stereocenters. The first-order valence-corrected chi connectivity index (χ1v) is 3.47. The number of nitrogens with zero attached hydrogens (tertiary/aromatic N) is 1. The molecule has 10 heavy (non-hydrogen) atoms. The lowest BCUT2D eigenvalue weighted by Gasteiger charge is -2.44. The van der Waals surface area contributed by atoms with Crippen molar-refractivity contribution >= 4 is 6.21 Å². The highest BCUT2D eigenvalue weighted by atomic mass is 19.1. The van der Waals surface area contributed by atoms with Crippen molar-refractivity contribution in [2.24, 2.45) is 0 Å². The van der Waals surface area contributed by atoms with Crippen LogP contribution in [0.15, 0.2) is 0 Å². The summed E-state index contributed by atoms with van der Waals surface area (Å²) in [5.41, 5.74) is -0.247. The lowest BCUT2D eigenvalue weighted by atomic mass is 9.99. The quantitative estimate of drug-likeness (QED) is 0.576. The Morgan fingerprint density at radius 3 is 2.40 bits per heavy atom. The van der Waals surface area contributed by atoms with Gasteiger partial charge in [0, 0.05) is 19.3 Å². The first-order valence-electron chi connectivity index (χ1n) is 3.47. The van der Waals surface area contributed by atoms with E-state index in [1.165, 1.54) is 6.21 Å². The summed E-state index contributed by atoms with van der Waals surface area (Å²) in [5, 5.41) is 7.05. The van der Waals surface area contributed by atoms with Crippen molar-refractivity contribution in [3.8, 4) is 0 Å². The van der Waals surface area contributed by atoms with Gasteiger partial charge in [-0.25, -0.2) is 4.39 Å². The lowest BCUT2D eigenvalue weighted by molar-refractivity contribution is 0.0184. The Bertz CT molecular complexity index is 139. The third-order valence-electron chi connectivity index (χ3n) is 2.01. The van der Waals surface area contributed by atoms with Gasteiger partial charge in [0.25, 0.3) is 0 Å². The maximum atomic E-state index is 12.3. The predicted octanol–water partition coefficient (Wildman–Crippen LogP) is 1.07. The van der Waals surface area contributed by atoms with E-state index in [1.54, 1.807) is 0 Å². The van der Waals surface area contributed by atoms with Crippen LogP contribution < -0.4 is 0 Å². The van der Waals surface area contributed by atoms with E-state index in [-0.39, 0.29) is 5.54 Å². The SMILES string of the molecule is CC(C)(C=N)N1CC(F)C1. The van der Waals surface area contributed by atoms with Crippen LogP contribution in [-0.4, -0.2) is 35.9 Å². The molecule has 0 amide bonds. The third-order valence-corrected chi connectivity index (χ3v) is 2.01. The molecule has 0 unspecified atom stereocenters. The molecule has 0 aromatic carbocycles. The number of rotatable bonds is 2. The Labute approximate surface area is 60.5 Å². The maximum absolute atomic E-state index is 12.3. The maximum Gasteiger partial charge on any atom is 0.125 e. The smallest absolute Gasteiger partial charge is 0.125 e. The molecule has 1 heterocycles. The Kier molecular flexibility index (Phi) is 1.77. The summed E-state index contributed by atoms with van der Waals surface area (Å²) in [7, 11) is 0. The Hall–Kier alpha value is -0.440. The number of halogens is 1. The van der Waals surface area contributed by atoms with Gasteiger partial charge in [0.2, 0.25) is 0 Å². The molecule has 1 saturated heterocycles. The van der Waals surface area contributed by atoms with Gasteiger partial charge < -0.3 is 5.41 Å². The zero-order chi connectivity index (χ0) is 7.78. The van der Waals surface area contributed by atoms with Gasteiger partial charge in [0.1, 0.15) is 6.17 Å². The number of alkyl halides is 1. The van der Waals surface area contributed by atoms with Crippen LogP contribution in [0.4, 0.5) is 4.39 Å². The van der Waals surface area contributed by atoms with E-state index in [2.05, 4.69) is 0 Å². The second kappa shape index (κ2) is 2.31. The molecule has 0 bridgehead atoms. The zero-order valence-corrected chi connectivity index (χ0v) is 6.39. The summed E-state index contributed by atoms with van der Waals surface area (Å²) in [6.07, 6.45) is 0.693. The van der Waals surface area contributed by atoms with E-state index in [1.807, 2.05) is 18.7 Å². The second-order valence-electron chi connectivity index (χ2n) is 3.30. The topological polar surface area (TPSA) is 27.1 Å². The number of hydrogen-bond acceptors (Lipinski definition) is 2. The normalized spacial score (nSPS) is 22.3. The van der Waals surface area contributed by atoms with Crippen molar-refractivity contribution in [1.82, 2.24) is 4.90 Å². The highest BCUT2D eigenvalue weighted by molar-refractivity contribution is 5.65. The Morgan fingerprint density at radius 1 is 1.60 bits per heavy atom. The molecule has 3 heteroatoms. The minimum absolute atomic E-state index is 0.247. The second-order valence-corrected chi connectivity index (χ2v) is 3.30. The Morgan fingerprint density at radius 2 is 2.10 bits per heavy atom. The van der Waals surface area contributed by atoms with Crippen molar-refractivity contribution in [3.05, 3.63) is 0 Å². The summed E-state index contributed by atoms with van der Waals surface area (Å²) in [5.74, 6) is 0. The fourth-order valence-corrected chi connectivity index (χ4v) is 0.987. The van der Waals surface area contributed by atoms with Gasteiger partial charge in [-0.2, -0.15) is 0 Å². The van der Waals surface area contributed by atoms with Gasteiger partial charge >= 0.3 is 0 Å². The summed E-state index contributed by atoms with van der Waals surface area (Å²) in [6.45, 7) is 4.82. The first-order chi connectivity index (χ1) is 4.56. The summed E-state index contributed by atoms with van der Waals surface area (Å²) in [4.78, 5) is 1.95. The van der Waals surface area contributed by atoms with Gasteiger partial charge in [-0.3, -0.25) is 4.90 Å². The molecule has 1 aliphatic rings. The minimum atomic E-state index is -0.667. The molecule has 1 aliphatic heterocycles. The van der Waals surface area contributed by atoms with Crippen molar-refractivity contribution in [1.29, 1.82) is 5.41 Å². The highest BCUT2D eigenvalue weighted by Gasteiger charge is 2.35. The lowest BCUT2D eigenvalue weighted by Crippen LogP contribution is -2.59. The van der Waals surface area contributed by atoms with Gasteiger partial charge in [-0.05, 0) is 13.8 Å². The largest absolute Gasteiger partial charge is 0.311 e. The van der Waals surface area contributed by atoms with Crippen LogP contribution in [0.25, 0.3) is 0 Å². The molecule has 0 spiro atoms. The molecule has 1 fully saturated rings. The van der Waals surface area contributed by atoms with Gasteiger partial charge in [0.05, 0.1) is 5.54 Å². The van der Waals surface area contributed by atoms with Crippen molar-refractivity contribution in [3.63, 3.8) is 0 Å². The average Bonchev–Trinajstić information content (AvgIpc) is 1.81. The molecular weight excluding hydrogens is 131 g/mol. The summed E-state index contributed by atoms with van der Waals surface area (Å²) in [6, 6.07) is 0. The number of nitrogens with one attached hydrogen (secondary N) is 1. The molecule has 0 aromatic rings. The number of hydrogen-bond donors (Lipinski definition) is 1. The van der Waals surface area contributed by atoms with Crippen molar-refractivity contribution in [2.75, 3.05) is 13.1 Å². The van der Waals surface area contributed by atoms with Crippen LogP contribution in [0, 0.1) is 5.41 Å². The van der Waals surface area contributed by atoms with Crippen LogP contribution in [0.5, 0.6) is 0 Å². The van der Waals surface area contributed by atoms with E-state index >= 15 is 0 Å². The summed E-state index contributed by atoms with van der Waals surface area (Å²) >= 11 is 0. The molecule has 58 valence electrons. The van der Waals surface area contributed by atoms with E-state index in [9.17, 15) is 4.39 Å². The molecule has 0 aromatic heterocycles. The van der Waals surface area contributed by atoms with Crippen LogP contribution >= 0.6 is 0 Å². The van der Waals surface area contributed by atoms with Crippen molar-refractivity contribution in [2.45, 2.75) is 25.6 Å². The Balaban J connectivity index is 2.43. The van der Waals surface area contributed by atoms with E-state index < -0.39 is 6.17 Å². The van der Waals surface area contributed by atoms with Gasteiger partial charge in [0.15, 0.2) is 0 Å². The molecule has 0 saturated carbocycles. The van der Waals surface area contributed by atoms with Crippen LogP contribution in [0.2, 0.25) is 0 Å². The molecule has 2 nitrogen and oxygen atoms in total. The van der Waals surface area contributed by atoms with Crippen LogP contribution in [0.1, 0.15) is 13.8 Å².